The van der Waals surface area contributed by atoms with Crippen LogP contribution in [0.3, 0.4) is 0 Å². The average Bonchev–Trinajstić information content (AvgIpc) is 2.25. The summed E-state index contributed by atoms with van der Waals surface area (Å²) in [6.45, 7) is 4.19. The summed E-state index contributed by atoms with van der Waals surface area (Å²) in [4.78, 5) is 16.3. The molecule has 1 rings (SSSR count). The number of aliphatic hydroxyl groups is 1. The van der Waals surface area contributed by atoms with E-state index in [-0.39, 0.29) is 12.3 Å². The minimum atomic E-state index is -1.29. The van der Waals surface area contributed by atoms with Crippen molar-refractivity contribution in [3.63, 3.8) is 0 Å². The molecule has 1 heterocycles. The maximum absolute atomic E-state index is 11.2. The molecule has 0 radical (unpaired) electrons. The Bertz CT molecular complexity index is 191. The number of amides is 1. The molecule has 76 valence electrons. The second-order valence-corrected chi connectivity index (χ2v) is 3.65. The van der Waals surface area contributed by atoms with Gasteiger partial charge in [-0.1, -0.05) is 19.8 Å². The number of rotatable bonds is 4. The maximum Gasteiger partial charge on any atom is 0.251 e. The minimum Gasteiger partial charge on any atom is -0.364 e. The molecule has 0 spiro atoms. The third kappa shape index (κ3) is 2.97. The van der Waals surface area contributed by atoms with Crippen molar-refractivity contribution < 1.29 is 14.7 Å². The average molecular weight is 187 g/mol. The smallest absolute Gasteiger partial charge is 0.251 e. The molecule has 0 bridgehead atoms. The van der Waals surface area contributed by atoms with E-state index in [4.69, 9.17) is 4.84 Å². The Balaban J connectivity index is 2.31. The molecular formula is C9H17NO3. The number of carbonyl (C=O) groups excluding carboxylic acids is 1. The van der Waals surface area contributed by atoms with E-state index in [0.717, 1.165) is 19.3 Å². The van der Waals surface area contributed by atoms with Crippen LogP contribution >= 0.6 is 0 Å². The zero-order valence-electron chi connectivity index (χ0n) is 8.25. The van der Waals surface area contributed by atoms with Gasteiger partial charge in [0.1, 0.15) is 0 Å². The van der Waals surface area contributed by atoms with E-state index < -0.39 is 5.79 Å². The minimum absolute atomic E-state index is 0.0686. The van der Waals surface area contributed by atoms with Gasteiger partial charge in [0.25, 0.3) is 5.91 Å². The van der Waals surface area contributed by atoms with Gasteiger partial charge in [-0.05, 0) is 13.3 Å². The molecule has 13 heavy (non-hydrogen) atoms. The van der Waals surface area contributed by atoms with E-state index >= 15 is 0 Å². The predicted molar refractivity (Wildman–Crippen MR) is 47.6 cm³/mol. The fraction of sp³-hybridized carbons (Fsp3) is 0.889. The Labute approximate surface area is 78.4 Å². The highest BCUT2D eigenvalue weighted by molar-refractivity contribution is 5.77. The van der Waals surface area contributed by atoms with Crippen molar-refractivity contribution in [3.05, 3.63) is 0 Å². The second-order valence-electron chi connectivity index (χ2n) is 3.65. The number of hydrogen-bond acceptors (Lipinski definition) is 3. The molecule has 1 N–H and O–H groups in total. The van der Waals surface area contributed by atoms with E-state index in [2.05, 4.69) is 6.92 Å². The number of carbonyl (C=O) groups is 1. The number of unbranched alkanes of at least 4 members (excludes halogenated alkanes) is 2. The van der Waals surface area contributed by atoms with Gasteiger partial charge in [-0.3, -0.25) is 4.79 Å². The fourth-order valence-electron chi connectivity index (χ4n) is 1.37. The van der Waals surface area contributed by atoms with Gasteiger partial charge in [-0.15, -0.1) is 0 Å². The second kappa shape index (κ2) is 4.07. The van der Waals surface area contributed by atoms with Crippen LogP contribution in [0.5, 0.6) is 0 Å². The van der Waals surface area contributed by atoms with Crippen LogP contribution in [0.1, 0.15) is 39.5 Å². The van der Waals surface area contributed by atoms with Crippen LogP contribution in [0.25, 0.3) is 0 Å². The fourth-order valence-corrected chi connectivity index (χ4v) is 1.37. The molecule has 1 atom stereocenters. The third-order valence-electron chi connectivity index (χ3n) is 2.03. The zero-order valence-corrected chi connectivity index (χ0v) is 8.25. The molecular weight excluding hydrogens is 170 g/mol. The maximum atomic E-state index is 11.2. The highest BCUT2D eigenvalue weighted by atomic mass is 16.8. The first-order chi connectivity index (χ1) is 6.05. The van der Waals surface area contributed by atoms with E-state index in [9.17, 15) is 9.90 Å². The van der Waals surface area contributed by atoms with Gasteiger partial charge in [-0.25, -0.2) is 9.90 Å². The summed E-state index contributed by atoms with van der Waals surface area (Å²) >= 11 is 0. The van der Waals surface area contributed by atoms with E-state index in [0.29, 0.717) is 6.54 Å². The standard InChI is InChI=1S/C9H17NO3/c1-3-4-5-6-10-8(11)7-9(2,12)13-10/h12H,3-7H2,1-2H3. The summed E-state index contributed by atoms with van der Waals surface area (Å²) in [7, 11) is 0. The number of hydrogen-bond donors (Lipinski definition) is 1. The third-order valence-corrected chi connectivity index (χ3v) is 2.03. The SMILES string of the molecule is CCCCCN1OC(C)(O)CC1=O. The lowest BCUT2D eigenvalue weighted by Gasteiger charge is -2.18. The van der Waals surface area contributed by atoms with Crippen molar-refractivity contribution >= 4 is 5.91 Å². The Morgan fingerprint density at radius 2 is 2.31 bits per heavy atom. The monoisotopic (exact) mass is 187 g/mol. The van der Waals surface area contributed by atoms with Gasteiger partial charge in [0.15, 0.2) is 5.79 Å². The van der Waals surface area contributed by atoms with Crippen LogP contribution in [0, 0.1) is 0 Å². The molecule has 1 amide bonds. The van der Waals surface area contributed by atoms with E-state index in [1.165, 1.54) is 12.0 Å². The molecule has 4 heteroatoms. The summed E-state index contributed by atoms with van der Waals surface area (Å²) in [6, 6.07) is 0. The van der Waals surface area contributed by atoms with Gasteiger partial charge in [0.05, 0.1) is 6.42 Å². The number of hydroxylamine groups is 2. The van der Waals surface area contributed by atoms with Crippen LogP contribution in [-0.4, -0.2) is 28.4 Å². The first-order valence-corrected chi connectivity index (χ1v) is 4.77. The van der Waals surface area contributed by atoms with Crippen molar-refractivity contribution in [1.82, 2.24) is 5.06 Å². The summed E-state index contributed by atoms with van der Waals surface area (Å²) in [5.74, 6) is -1.41. The quantitative estimate of drug-likeness (QED) is 0.669. The van der Waals surface area contributed by atoms with Gasteiger partial charge in [-0.2, -0.15) is 0 Å². The van der Waals surface area contributed by atoms with Crippen LogP contribution in [0.2, 0.25) is 0 Å². The first kappa shape index (κ1) is 10.5. The summed E-state index contributed by atoms with van der Waals surface area (Å²) in [6.07, 6.45) is 3.19. The van der Waals surface area contributed by atoms with Gasteiger partial charge < -0.3 is 5.11 Å². The van der Waals surface area contributed by atoms with Crippen LogP contribution in [-0.2, 0) is 9.63 Å². The normalized spacial score (nSPS) is 28.5. The molecule has 0 aliphatic carbocycles. The lowest BCUT2D eigenvalue weighted by atomic mass is 10.2. The summed E-state index contributed by atoms with van der Waals surface area (Å²) in [5, 5.41) is 10.7. The molecule has 0 saturated carbocycles. The molecule has 0 aromatic carbocycles. The largest absolute Gasteiger partial charge is 0.364 e. The van der Waals surface area contributed by atoms with Gasteiger partial charge in [0, 0.05) is 6.54 Å². The molecule has 1 saturated heterocycles. The van der Waals surface area contributed by atoms with Crippen molar-refractivity contribution in [1.29, 1.82) is 0 Å². The lowest BCUT2D eigenvalue weighted by molar-refractivity contribution is -0.269. The van der Waals surface area contributed by atoms with E-state index in [1.54, 1.807) is 0 Å². The number of nitrogens with zero attached hydrogens (tertiary/aromatic N) is 1. The Morgan fingerprint density at radius 1 is 1.62 bits per heavy atom. The molecule has 1 aliphatic rings. The summed E-state index contributed by atoms with van der Waals surface area (Å²) in [5.41, 5.74) is 0. The Hall–Kier alpha value is -0.610. The van der Waals surface area contributed by atoms with Crippen molar-refractivity contribution in [2.24, 2.45) is 0 Å². The molecule has 0 aromatic rings. The molecule has 1 unspecified atom stereocenters. The predicted octanol–water partition coefficient (Wildman–Crippen LogP) is 1.05. The van der Waals surface area contributed by atoms with Crippen molar-refractivity contribution in [2.75, 3.05) is 6.54 Å². The van der Waals surface area contributed by atoms with Crippen molar-refractivity contribution in [3.8, 4) is 0 Å². The van der Waals surface area contributed by atoms with Crippen LogP contribution in [0.4, 0.5) is 0 Å². The Kier molecular flexibility index (Phi) is 3.27. The Morgan fingerprint density at radius 3 is 2.77 bits per heavy atom. The highest BCUT2D eigenvalue weighted by Gasteiger charge is 2.38. The molecule has 1 fully saturated rings. The zero-order chi connectivity index (χ0) is 9.90. The van der Waals surface area contributed by atoms with Gasteiger partial charge in [0.2, 0.25) is 0 Å². The molecule has 4 nitrogen and oxygen atoms in total. The van der Waals surface area contributed by atoms with Crippen LogP contribution in [0.15, 0.2) is 0 Å². The van der Waals surface area contributed by atoms with Gasteiger partial charge >= 0.3 is 0 Å². The van der Waals surface area contributed by atoms with E-state index in [1.807, 2.05) is 0 Å². The highest BCUT2D eigenvalue weighted by Crippen LogP contribution is 2.23. The van der Waals surface area contributed by atoms with Crippen LogP contribution < -0.4 is 0 Å². The first-order valence-electron chi connectivity index (χ1n) is 4.77. The molecule has 0 aromatic heterocycles. The summed E-state index contributed by atoms with van der Waals surface area (Å²) < 4.78 is 0. The topological polar surface area (TPSA) is 49.8 Å². The lowest BCUT2D eigenvalue weighted by Crippen LogP contribution is -2.28. The molecule has 1 aliphatic heterocycles. The van der Waals surface area contributed by atoms with Crippen molar-refractivity contribution in [2.45, 2.75) is 45.3 Å².